The molecule has 0 amide bonds. The number of rotatable bonds is 4. The first-order valence-electron chi connectivity index (χ1n) is 6.97. The fourth-order valence-electron chi connectivity index (χ4n) is 2.36. The zero-order valence-corrected chi connectivity index (χ0v) is 11.6. The van der Waals surface area contributed by atoms with Crippen molar-refractivity contribution in [2.24, 2.45) is 0 Å². The molecule has 114 valence electrons. The number of piperidine rings is 1. The van der Waals surface area contributed by atoms with Crippen LogP contribution in [-0.2, 0) is 6.42 Å². The van der Waals surface area contributed by atoms with Gasteiger partial charge in [-0.3, -0.25) is 4.98 Å². The molecule has 21 heavy (non-hydrogen) atoms. The second kappa shape index (κ2) is 6.74. The Hall–Kier alpha value is -1.84. The second-order valence-electron chi connectivity index (χ2n) is 5.18. The highest BCUT2D eigenvalue weighted by Gasteiger charge is 2.26. The molecule has 2 rings (SSSR count). The Morgan fingerprint density at radius 2 is 2.00 bits per heavy atom. The van der Waals surface area contributed by atoms with Crippen LogP contribution in [0.4, 0.5) is 19.0 Å². The van der Waals surface area contributed by atoms with E-state index in [1.54, 1.807) is 6.20 Å². The van der Waals surface area contributed by atoms with Crippen molar-refractivity contribution in [3.63, 3.8) is 0 Å². The van der Waals surface area contributed by atoms with Gasteiger partial charge in [0.15, 0.2) is 0 Å². The van der Waals surface area contributed by atoms with Crippen LogP contribution in [0.2, 0.25) is 0 Å². The lowest BCUT2D eigenvalue weighted by Crippen LogP contribution is -2.35. The number of aromatic nitrogens is 2. The van der Waals surface area contributed by atoms with Crippen LogP contribution in [0.3, 0.4) is 0 Å². The van der Waals surface area contributed by atoms with Gasteiger partial charge in [0, 0.05) is 38.5 Å². The molecule has 0 aliphatic carbocycles. The summed E-state index contributed by atoms with van der Waals surface area (Å²) in [5.74, 6) is 0.697. The lowest BCUT2D eigenvalue weighted by atomic mass is 10.1. The van der Waals surface area contributed by atoms with Gasteiger partial charge in [-0.05, 0) is 12.8 Å². The Kier molecular flexibility index (Phi) is 4.99. The molecule has 0 bridgehead atoms. The largest absolute Gasteiger partial charge is 0.389 e. The van der Waals surface area contributed by atoms with Crippen molar-refractivity contribution in [2.75, 3.05) is 18.0 Å². The van der Waals surface area contributed by atoms with E-state index in [2.05, 4.69) is 14.8 Å². The van der Waals surface area contributed by atoms with Crippen LogP contribution in [0.5, 0.6) is 0 Å². The van der Waals surface area contributed by atoms with Crippen molar-refractivity contribution < 1.29 is 13.2 Å². The Bertz CT molecular complexity index is 502. The minimum atomic E-state index is -4.12. The fraction of sp³-hybridized carbons (Fsp3) is 0.643. The molecule has 1 fully saturated rings. The van der Waals surface area contributed by atoms with Crippen LogP contribution >= 0.6 is 0 Å². The maximum absolute atomic E-state index is 12.1. The lowest BCUT2D eigenvalue weighted by Gasteiger charge is -2.28. The van der Waals surface area contributed by atoms with Gasteiger partial charge < -0.3 is 9.74 Å². The van der Waals surface area contributed by atoms with Crippen LogP contribution in [0, 0.1) is 6.57 Å². The van der Waals surface area contributed by atoms with E-state index >= 15 is 0 Å². The Morgan fingerprint density at radius 3 is 2.62 bits per heavy atom. The molecule has 0 unspecified atom stereocenters. The van der Waals surface area contributed by atoms with Crippen molar-refractivity contribution in [1.29, 1.82) is 0 Å². The molecule has 1 aliphatic heterocycles. The van der Waals surface area contributed by atoms with Crippen LogP contribution in [0.1, 0.15) is 31.4 Å². The van der Waals surface area contributed by atoms with E-state index in [1.165, 1.54) is 6.20 Å². The summed E-state index contributed by atoms with van der Waals surface area (Å²) in [6, 6.07) is 0.0733. The third kappa shape index (κ3) is 4.88. The van der Waals surface area contributed by atoms with Crippen molar-refractivity contribution in [2.45, 2.75) is 44.3 Å². The highest BCUT2D eigenvalue weighted by atomic mass is 19.4. The molecule has 4 nitrogen and oxygen atoms in total. The summed E-state index contributed by atoms with van der Waals surface area (Å²) >= 11 is 0. The van der Waals surface area contributed by atoms with E-state index in [0.717, 1.165) is 25.9 Å². The number of halogens is 3. The molecule has 0 aromatic carbocycles. The van der Waals surface area contributed by atoms with E-state index in [0.29, 0.717) is 11.5 Å². The number of hydrogen-bond acceptors (Lipinski definition) is 3. The first-order valence-corrected chi connectivity index (χ1v) is 6.97. The Morgan fingerprint density at radius 1 is 1.29 bits per heavy atom. The number of anilines is 1. The van der Waals surface area contributed by atoms with Gasteiger partial charge in [-0.1, -0.05) is 0 Å². The van der Waals surface area contributed by atoms with Crippen molar-refractivity contribution in [1.82, 2.24) is 9.97 Å². The highest BCUT2D eigenvalue weighted by molar-refractivity contribution is 5.37. The molecule has 1 aromatic heterocycles. The molecule has 0 radical (unpaired) electrons. The van der Waals surface area contributed by atoms with Gasteiger partial charge >= 0.3 is 6.18 Å². The molecular formula is C14H17F3N4. The smallest absolute Gasteiger partial charge is 0.355 e. The minimum absolute atomic E-state index is 0.0292. The highest BCUT2D eigenvalue weighted by Crippen LogP contribution is 2.23. The van der Waals surface area contributed by atoms with Gasteiger partial charge in [0.25, 0.3) is 0 Å². The van der Waals surface area contributed by atoms with E-state index in [1.807, 2.05) is 4.90 Å². The first kappa shape index (κ1) is 15.5. The van der Waals surface area contributed by atoms with Crippen molar-refractivity contribution in [3.8, 4) is 0 Å². The van der Waals surface area contributed by atoms with Crippen LogP contribution < -0.4 is 4.90 Å². The van der Waals surface area contributed by atoms with Gasteiger partial charge in [0.05, 0.1) is 11.9 Å². The zero-order chi connectivity index (χ0) is 15.3. The van der Waals surface area contributed by atoms with E-state index in [-0.39, 0.29) is 18.9 Å². The molecule has 0 atom stereocenters. The van der Waals surface area contributed by atoms with Crippen molar-refractivity contribution >= 4 is 5.82 Å². The van der Waals surface area contributed by atoms with Crippen LogP contribution in [-0.4, -0.2) is 35.3 Å². The second-order valence-corrected chi connectivity index (χ2v) is 5.18. The molecule has 2 heterocycles. The maximum Gasteiger partial charge on any atom is 0.389 e. The van der Waals surface area contributed by atoms with Gasteiger partial charge in [-0.25, -0.2) is 11.6 Å². The molecule has 7 heteroatoms. The van der Waals surface area contributed by atoms with Gasteiger partial charge in [-0.2, -0.15) is 13.2 Å². The average Bonchev–Trinajstić information content (AvgIpc) is 2.46. The summed E-state index contributed by atoms with van der Waals surface area (Å²) in [5.41, 5.74) is 0.587. The van der Waals surface area contributed by atoms with Crippen LogP contribution in [0.15, 0.2) is 12.4 Å². The topological polar surface area (TPSA) is 33.4 Å². The lowest BCUT2D eigenvalue weighted by molar-refractivity contribution is -0.135. The summed E-state index contributed by atoms with van der Waals surface area (Å²) in [6.07, 6.45) is 0.131. The maximum atomic E-state index is 12.1. The van der Waals surface area contributed by atoms with Crippen molar-refractivity contribution in [3.05, 3.63) is 29.5 Å². The van der Waals surface area contributed by atoms with Gasteiger partial charge in [-0.15, -0.1) is 0 Å². The van der Waals surface area contributed by atoms with Gasteiger partial charge in [0.1, 0.15) is 5.82 Å². The summed E-state index contributed by atoms with van der Waals surface area (Å²) in [7, 11) is 0. The predicted molar refractivity (Wildman–Crippen MR) is 72.9 cm³/mol. The molecule has 0 saturated carbocycles. The standard InChI is InChI=1S/C14H17F3N4/c1-18-11-4-7-21(8-5-11)13-10-19-9-12(20-13)3-2-6-14(15,16)17/h9-11H,2-8H2. The molecule has 1 aliphatic rings. The van der Waals surface area contributed by atoms with E-state index < -0.39 is 12.6 Å². The summed E-state index contributed by atoms with van der Waals surface area (Å²) in [5, 5.41) is 0. The zero-order valence-electron chi connectivity index (χ0n) is 11.6. The monoisotopic (exact) mass is 298 g/mol. The van der Waals surface area contributed by atoms with E-state index in [4.69, 9.17) is 6.57 Å². The number of aryl methyl sites for hydroxylation is 1. The quantitative estimate of drug-likeness (QED) is 0.800. The van der Waals surface area contributed by atoms with Crippen LogP contribution in [0.25, 0.3) is 4.85 Å². The molecular weight excluding hydrogens is 281 g/mol. The number of nitrogens with zero attached hydrogens (tertiary/aromatic N) is 4. The summed E-state index contributed by atoms with van der Waals surface area (Å²) in [6.45, 7) is 8.50. The number of alkyl halides is 3. The molecule has 0 N–H and O–H groups in total. The first-order chi connectivity index (χ1) is 9.98. The molecule has 0 spiro atoms. The third-order valence-corrected chi connectivity index (χ3v) is 3.54. The molecule has 1 saturated heterocycles. The Balaban J connectivity index is 1.91. The SMILES string of the molecule is [C-]#[N+]C1CCN(c2cncc(CCCC(F)(F)F)n2)CC1. The fourth-order valence-corrected chi connectivity index (χ4v) is 2.36. The Labute approximate surface area is 121 Å². The van der Waals surface area contributed by atoms with Gasteiger partial charge in [0.2, 0.25) is 6.04 Å². The normalized spacial score (nSPS) is 16.8. The third-order valence-electron chi connectivity index (χ3n) is 3.54. The minimum Gasteiger partial charge on any atom is -0.355 e. The summed E-state index contributed by atoms with van der Waals surface area (Å²) < 4.78 is 36.4. The number of hydrogen-bond donors (Lipinski definition) is 0. The predicted octanol–water partition coefficient (Wildman–Crippen LogP) is 3.25. The van der Waals surface area contributed by atoms with E-state index in [9.17, 15) is 13.2 Å². The summed E-state index contributed by atoms with van der Waals surface area (Å²) in [4.78, 5) is 14.0. The molecule has 1 aromatic rings. The average molecular weight is 298 g/mol.